The molecule has 2 fully saturated rings. The lowest BCUT2D eigenvalue weighted by Gasteiger charge is -2.45. The zero-order valence-electron chi connectivity index (χ0n) is 9.99. The Balaban J connectivity index is 1.94. The van der Waals surface area contributed by atoms with E-state index in [2.05, 4.69) is 11.8 Å². The summed E-state index contributed by atoms with van der Waals surface area (Å²) in [6.45, 7) is 3.44. The third-order valence-corrected chi connectivity index (χ3v) is 4.15. The van der Waals surface area contributed by atoms with Gasteiger partial charge in [-0.15, -0.1) is 0 Å². The summed E-state index contributed by atoms with van der Waals surface area (Å²) in [4.78, 5) is 2.62. The first-order valence-corrected chi connectivity index (χ1v) is 6.76. The fraction of sp³-hybridized carbons (Fsp3) is 1.00. The maximum absolute atomic E-state index is 10.1. The van der Waals surface area contributed by atoms with Crippen molar-refractivity contribution in [3.63, 3.8) is 0 Å². The van der Waals surface area contributed by atoms with Crippen LogP contribution >= 0.6 is 0 Å². The van der Waals surface area contributed by atoms with Crippen LogP contribution in [0.1, 0.15) is 58.3 Å². The van der Waals surface area contributed by atoms with Gasteiger partial charge in [0.15, 0.2) is 0 Å². The summed E-state index contributed by atoms with van der Waals surface area (Å²) in [5.41, 5.74) is 0. The Morgan fingerprint density at radius 3 is 2.33 bits per heavy atom. The maximum Gasteiger partial charge on any atom is 0.0695 e. The Kier molecular flexibility index (Phi) is 4.04. The Bertz CT molecular complexity index is 191. The van der Waals surface area contributed by atoms with Crippen molar-refractivity contribution in [1.82, 2.24) is 4.90 Å². The maximum atomic E-state index is 10.1. The van der Waals surface area contributed by atoms with Crippen LogP contribution in [0.2, 0.25) is 0 Å². The summed E-state index contributed by atoms with van der Waals surface area (Å²) in [5.74, 6) is 0. The van der Waals surface area contributed by atoms with Gasteiger partial charge in [-0.1, -0.05) is 26.2 Å². The topological polar surface area (TPSA) is 23.5 Å². The van der Waals surface area contributed by atoms with E-state index < -0.39 is 0 Å². The van der Waals surface area contributed by atoms with Gasteiger partial charge in [-0.3, -0.25) is 4.90 Å². The molecule has 0 heterocycles. The molecule has 2 aliphatic rings. The average Bonchev–Trinajstić information content (AvgIpc) is 2.15. The molecule has 0 amide bonds. The van der Waals surface area contributed by atoms with E-state index >= 15 is 0 Å². The first-order valence-electron chi connectivity index (χ1n) is 6.76. The highest BCUT2D eigenvalue weighted by molar-refractivity contribution is 4.89. The molecule has 0 aliphatic heterocycles. The zero-order chi connectivity index (χ0) is 10.7. The number of aliphatic hydroxyl groups is 1. The minimum atomic E-state index is -0.0501. The van der Waals surface area contributed by atoms with E-state index in [-0.39, 0.29) is 6.10 Å². The molecule has 0 radical (unpaired) electrons. The van der Waals surface area contributed by atoms with Crippen LogP contribution in [0.25, 0.3) is 0 Å². The monoisotopic (exact) mass is 211 g/mol. The molecule has 88 valence electrons. The number of aliphatic hydroxyl groups excluding tert-OH is 1. The largest absolute Gasteiger partial charge is 0.391 e. The van der Waals surface area contributed by atoms with E-state index in [1.807, 2.05) is 0 Å². The highest BCUT2D eigenvalue weighted by Gasteiger charge is 2.34. The van der Waals surface area contributed by atoms with Crippen LogP contribution in [0, 0.1) is 0 Å². The lowest BCUT2D eigenvalue weighted by atomic mass is 9.85. The molecule has 2 aliphatic carbocycles. The highest BCUT2D eigenvalue weighted by Crippen LogP contribution is 2.32. The average molecular weight is 211 g/mol. The van der Waals surface area contributed by atoms with Gasteiger partial charge in [0.05, 0.1) is 6.10 Å². The smallest absolute Gasteiger partial charge is 0.0695 e. The molecule has 0 saturated heterocycles. The number of rotatable bonds is 4. The molecule has 0 aromatic rings. The predicted molar refractivity (Wildman–Crippen MR) is 62.9 cm³/mol. The van der Waals surface area contributed by atoms with E-state index in [0.717, 1.165) is 12.5 Å². The molecule has 0 unspecified atom stereocenters. The van der Waals surface area contributed by atoms with Crippen molar-refractivity contribution in [3.8, 4) is 0 Å². The Labute approximate surface area is 93.7 Å². The standard InChI is InChI=1S/C13H25NO/c1-2-10-14(11-6-5-7-11)12-8-3-4-9-13(12)15/h11-13,15H,2-10H2,1H3/t12-,13-/m0/s1. The number of nitrogens with zero attached hydrogens (tertiary/aromatic N) is 1. The second-order valence-electron chi connectivity index (χ2n) is 5.24. The van der Waals surface area contributed by atoms with Crippen LogP contribution < -0.4 is 0 Å². The summed E-state index contributed by atoms with van der Waals surface area (Å²) in [7, 11) is 0. The minimum absolute atomic E-state index is 0.0501. The van der Waals surface area contributed by atoms with Gasteiger partial charge in [-0.05, 0) is 38.6 Å². The van der Waals surface area contributed by atoms with Crippen LogP contribution in [0.5, 0.6) is 0 Å². The van der Waals surface area contributed by atoms with E-state index in [1.54, 1.807) is 0 Å². The SMILES string of the molecule is CCCN(C1CCC1)[C@H]1CCCC[C@@H]1O. The molecule has 0 aromatic heterocycles. The lowest BCUT2D eigenvalue weighted by Crippen LogP contribution is -2.52. The summed E-state index contributed by atoms with van der Waals surface area (Å²) < 4.78 is 0. The Morgan fingerprint density at radius 1 is 1.07 bits per heavy atom. The van der Waals surface area contributed by atoms with E-state index in [4.69, 9.17) is 0 Å². The van der Waals surface area contributed by atoms with Crippen LogP contribution in [0.4, 0.5) is 0 Å². The van der Waals surface area contributed by atoms with Crippen molar-refractivity contribution in [2.24, 2.45) is 0 Å². The zero-order valence-corrected chi connectivity index (χ0v) is 9.99. The quantitative estimate of drug-likeness (QED) is 0.772. The minimum Gasteiger partial charge on any atom is -0.391 e. The summed E-state index contributed by atoms with van der Waals surface area (Å²) in [5, 5.41) is 10.1. The van der Waals surface area contributed by atoms with Crippen molar-refractivity contribution in [3.05, 3.63) is 0 Å². The summed E-state index contributed by atoms with van der Waals surface area (Å²) in [6, 6.07) is 1.27. The molecule has 15 heavy (non-hydrogen) atoms. The van der Waals surface area contributed by atoms with Crippen molar-refractivity contribution in [2.45, 2.75) is 76.5 Å². The Morgan fingerprint density at radius 2 is 1.80 bits per heavy atom. The third kappa shape index (κ3) is 2.54. The van der Waals surface area contributed by atoms with Crippen LogP contribution in [-0.4, -0.2) is 34.7 Å². The normalized spacial score (nSPS) is 33.0. The second-order valence-corrected chi connectivity index (χ2v) is 5.24. The molecular formula is C13H25NO. The van der Waals surface area contributed by atoms with Gasteiger partial charge in [-0.2, -0.15) is 0 Å². The highest BCUT2D eigenvalue weighted by atomic mass is 16.3. The van der Waals surface area contributed by atoms with Gasteiger partial charge in [-0.25, -0.2) is 0 Å². The van der Waals surface area contributed by atoms with E-state index in [1.165, 1.54) is 51.5 Å². The fourth-order valence-electron chi connectivity index (χ4n) is 3.07. The molecule has 0 aromatic carbocycles. The fourth-order valence-corrected chi connectivity index (χ4v) is 3.07. The molecule has 2 atom stereocenters. The van der Waals surface area contributed by atoms with Gasteiger partial charge >= 0.3 is 0 Å². The van der Waals surface area contributed by atoms with E-state index in [9.17, 15) is 5.11 Å². The lowest BCUT2D eigenvalue weighted by molar-refractivity contribution is -0.0200. The van der Waals surface area contributed by atoms with Crippen LogP contribution in [0.15, 0.2) is 0 Å². The third-order valence-electron chi connectivity index (χ3n) is 4.15. The molecule has 0 spiro atoms. The van der Waals surface area contributed by atoms with Gasteiger partial charge in [0, 0.05) is 12.1 Å². The molecule has 1 N–H and O–H groups in total. The number of hydrogen-bond donors (Lipinski definition) is 1. The van der Waals surface area contributed by atoms with E-state index in [0.29, 0.717) is 6.04 Å². The number of hydrogen-bond acceptors (Lipinski definition) is 2. The van der Waals surface area contributed by atoms with Gasteiger partial charge < -0.3 is 5.11 Å². The van der Waals surface area contributed by atoms with Crippen molar-refractivity contribution < 1.29 is 5.11 Å². The van der Waals surface area contributed by atoms with Gasteiger partial charge in [0.25, 0.3) is 0 Å². The molecule has 2 saturated carbocycles. The predicted octanol–water partition coefficient (Wildman–Crippen LogP) is 2.55. The van der Waals surface area contributed by atoms with Crippen LogP contribution in [-0.2, 0) is 0 Å². The first kappa shape index (κ1) is 11.4. The van der Waals surface area contributed by atoms with Crippen molar-refractivity contribution >= 4 is 0 Å². The first-order chi connectivity index (χ1) is 7.33. The molecule has 2 nitrogen and oxygen atoms in total. The van der Waals surface area contributed by atoms with Gasteiger partial charge in [0.1, 0.15) is 0 Å². The van der Waals surface area contributed by atoms with Gasteiger partial charge in [0.2, 0.25) is 0 Å². The van der Waals surface area contributed by atoms with Crippen molar-refractivity contribution in [1.29, 1.82) is 0 Å². The molecule has 2 heteroatoms. The second kappa shape index (κ2) is 5.31. The molecular weight excluding hydrogens is 186 g/mol. The molecule has 2 rings (SSSR count). The van der Waals surface area contributed by atoms with Crippen molar-refractivity contribution in [2.75, 3.05) is 6.54 Å². The summed E-state index contributed by atoms with van der Waals surface area (Å²) in [6.07, 6.45) is 10.1. The summed E-state index contributed by atoms with van der Waals surface area (Å²) >= 11 is 0. The Hall–Kier alpha value is -0.0800. The molecule has 0 bridgehead atoms. The van der Waals surface area contributed by atoms with Crippen LogP contribution in [0.3, 0.4) is 0 Å².